The molecule has 0 N–H and O–H groups in total. The van der Waals surface area contributed by atoms with Crippen LogP contribution in [0.3, 0.4) is 0 Å². The summed E-state index contributed by atoms with van der Waals surface area (Å²) < 4.78 is 14.3. The van der Waals surface area contributed by atoms with Crippen molar-refractivity contribution in [1.29, 1.82) is 0 Å². The summed E-state index contributed by atoms with van der Waals surface area (Å²) in [6, 6.07) is 6.69. The molecule has 0 amide bonds. The highest BCUT2D eigenvalue weighted by Gasteiger charge is 2.04. The molecule has 0 aromatic heterocycles. The van der Waals surface area contributed by atoms with Gasteiger partial charge in [-0.1, -0.05) is 0 Å². The van der Waals surface area contributed by atoms with Crippen LogP contribution in [0.4, 0.5) is 0 Å². The summed E-state index contributed by atoms with van der Waals surface area (Å²) >= 11 is 0. The third-order valence-electron chi connectivity index (χ3n) is 1.49. The second-order valence-electron chi connectivity index (χ2n) is 2.45. The maximum atomic E-state index is 10.9. The minimum atomic E-state index is -0.544. The molecule has 0 aliphatic carbocycles. The van der Waals surface area contributed by atoms with Crippen molar-refractivity contribution in [3.63, 3.8) is 0 Å². The Bertz CT molecular complexity index is 291. The molecular weight excluding hydrogens is 184 g/mol. The number of ether oxygens (including phenoxy) is 3. The van der Waals surface area contributed by atoms with Crippen LogP contribution >= 0.6 is 0 Å². The summed E-state index contributed by atoms with van der Waals surface area (Å²) in [6.07, 6.45) is 0. The Morgan fingerprint density at radius 3 is 2.21 bits per heavy atom. The molecule has 1 rings (SSSR count). The average molecular weight is 195 g/mol. The monoisotopic (exact) mass is 195 g/mol. The number of hydrogen-bond acceptors (Lipinski definition) is 4. The number of benzene rings is 1. The lowest BCUT2D eigenvalue weighted by molar-refractivity contribution is -0.134. The van der Waals surface area contributed by atoms with Gasteiger partial charge >= 0.3 is 5.97 Å². The van der Waals surface area contributed by atoms with Gasteiger partial charge in [-0.2, -0.15) is 0 Å². The molecule has 0 unspecified atom stereocenters. The normalized spacial score (nSPS) is 9.57. The Morgan fingerprint density at radius 1 is 1.14 bits per heavy atom. The van der Waals surface area contributed by atoms with E-state index in [4.69, 9.17) is 9.47 Å². The van der Waals surface area contributed by atoms with Crippen molar-refractivity contribution in [2.75, 3.05) is 14.2 Å². The van der Waals surface area contributed by atoms with Crippen LogP contribution in [0.15, 0.2) is 24.3 Å². The summed E-state index contributed by atoms with van der Waals surface area (Å²) in [4.78, 5) is 10.9. The molecule has 0 spiro atoms. The fourth-order valence-corrected chi connectivity index (χ4v) is 0.880. The minimum Gasteiger partial charge on any atom is -0.497 e. The third kappa shape index (κ3) is 3.06. The highest BCUT2D eigenvalue weighted by molar-refractivity contribution is 5.79. The lowest BCUT2D eigenvalue weighted by atomic mass is 10.3. The van der Waals surface area contributed by atoms with Gasteiger partial charge in [0, 0.05) is 7.11 Å². The van der Waals surface area contributed by atoms with Gasteiger partial charge in [0.1, 0.15) is 11.5 Å². The van der Waals surface area contributed by atoms with E-state index in [1.165, 1.54) is 7.11 Å². The van der Waals surface area contributed by atoms with Crippen LogP contribution in [-0.4, -0.2) is 20.2 Å². The Balaban J connectivity index is 2.55. The molecule has 1 aromatic rings. The highest BCUT2D eigenvalue weighted by atomic mass is 16.6. The van der Waals surface area contributed by atoms with Crippen LogP contribution < -0.4 is 9.47 Å². The minimum absolute atomic E-state index is 0.448. The predicted octanol–water partition coefficient (Wildman–Crippen LogP) is 1.41. The quantitative estimate of drug-likeness (QED) is 0.538. The largest absolute Gasteiger partial charge is 0.497 e. The molecule has 0 bridgehead atoms. The predicted molar refractivity (Wildman–Crippen MR) is 49.9 cm³/mol. The molecule has 4 nitrogen and oxygen atoms in total. The van der Waals surface area contributed by atoms with Gasteiger partial charge < -0.3 is 14.2 Å². The summed E-state index contributed by atoms with van der Waals surface area (Å²) in [6.45, 7) is 0.990. The number of rotatable bonds is 4. The van der Waals surface area contributed by atoms with E-state index in [9.17, 15) is 4.79 Å². The average Bonchev–Trinajstić information content (AvgIpc) is 2.19. The molecule has 4 heteroatoms. The van der Waals surface area contributed by atoms with E-state index in [1.807, 2.05) is 0 Å². The molecule has 0 saturated carbocycles. The van der Waals surface area contributed by atoms with Gasteiger partial charge in [0.2, 0.25) is 0 Å². The standard InChI is InChI=1S/C10H11O4/c1-12-7-10(11)14-9-5-3-8(13-2)4-6-9/h3-7H,1-2H3. The van der Waals surface area contributed by atoms with Crippen LogP contribution in [0.2, 0.25) is 0 Å². The van der Waals surface area contributed by atoms with Gasteiger partial charge in [-0.15, -0.1) is 0 Å². The molecule has 0 aliphatic rings. The molecule has 0 heterocycles. The number of hydrogen-bond donors (Lipinski definition) is 0. The SMILES string of the molecule is CO[CH]C(=O)Oc1ccc(OC)cc1. The molecule has 1 radical (unpaired) electrons. The Morgan fingerprint density at radius 2 is 1.71 bits per heavy atom. The van der Waals surface area contributed by atoms with E-state index in [1.54, 1.807) is 31.4 Å². The zero-order valence-electron chi connectivity index (χ0n) is 8.02. The molecule has 0 saturated heterocycles. The smallest absolute Gasteiger partial charge is 0.344 e. The molecule has 1 aromatic carbocycles. The summed E-state index contributed by atoms with van der Waals surface area (Å²) in [5, 5.41) is 0. The van der Waals surface area contributed by atoms with Gasteiger partial charge in [-0.05, 0) is 24.3 Å². The lowest BCUT2D eigenvalue weighted by Gasteiger charge is -2.03. The van der Waals surface area contributed by atoms with Crippen molar-refractivity contribution >= 4 is 5.97 Å². The lowest BCUT2D eigenvalue weighted by Crippen LogP contribution is -2.08. The van der Waals surface area contributed by atoms with Crippen LogP contribution in [0.1, 0.15) is 0 Å². The van der Waals surface area contributed by atoms with Gasteiger partial charge in [-0.3, -0.25) is 0 Å². The third-order valence-corrected chi connectivity index (χ3v) is 1.49. The van der Waals surface area contributed by atoms with Gasteiger partial charge in [0.25, 0.3) is 0 Å². The fraction of sp³-hybridized carbons (Fsp3) is 0.200. The topological polar surface area (TPSA) is 44.8 Å². The van der Waals surface area contributed by atoms with E-state index in [0.717, 1.165) is 6.61 Å². The second kappa shape index (κ2) is 5.24. The highest BCUT2D eigenvalue weighted by Crippen LogP contribution is 2.17. The molecule has 0 fully saturated rings. The Hall–Kier alpha value is -1.55. The Labute approximate surface area is 82.4 Å². The molecule has 0 aliphatic heterocycles. The van der Waals surface area contributed by atoms with Gasteiger partial charge in [0.05, 0.1) is 7.11 Å². The van der Waals surface area contributed by atoms with Crippen molar-refractivity contribution in [3.8, 4) is 11.5 Å². The fourth-order valence-electron chi connectivity index (χ4n) is 0.880. The summed E-state index contributed by atoms with van der Waals surface area (Å²) in [5.41, 5.74) is 0. The van der Waals surface area contributed by atoms with Crippen molar-refractivity contribution in [2.24, 2.45) is 0 Å². The van der Waals surface area contributed by atoms with E-state index in [-0.39, 0.29) is 0 Å². The zero-order chi connectivity index (χ0) is 10.4. The van der Waals surface area contributed by atoms with Crippen LogP contribution in [0, 0.1) is 6.61 Å². The summed E-state index contributed by atoms with van der Waals surface area (Å²) in [7, 11) is 2.95. The van der Waals surface area contributed by atoms with Gasteiger partial charge in [-0.25, -0.2) is 4.79 Å². The first-order valence-corrected chi connectivity index (χ1v) is 3.98. The second-order valence-corrected chi connectivity index (χ2v) is 2.45. The number of carbonyl (C=O) groups excluding carboxylic acids is 1. The number of carbonyl (C=O) groups is 1. The molecule has 0 atom stereocenters. The van der Waals surface area contributed by atoms with Crippen molar-refractivity contribution < 1.29 is 19.0 Å². The van der Waals surface area contributed by atoms with Crippen molar-refractivity contribution in [2.45, 2.75) is 0 Å². The van der Waals surface area contributed by atoms with E-state index >= 15 is 0 Å². The maximum Gasteiger partial charge on any atom is 0.344 e. The summed E-state index contributed by atoms with van der Waals surface area (Å²) in [5.74, 6) is 0.613. The van der Waals surface area contributed by atoms with Crippen molar-refractivity contribution in [3.05, 3.63) is 30.9 Å². The van der Waals surface area contributed by atoms with Crippen LogP contribution in [-0.2, 0) is 9.53 Å². The first-order chi connectivity index (χ1) is 6.76. The maximum absolute atomic E-state index is 10.9. The first kappa shape index (κ1) is 10.5. The van der Waals surface area contributed by atoms with Gasteiger partial charge in [0.15, 0.2) is 6.61 Å². The zero-order valence-corrected chi connectivity index (χ0v) is 8.02. The molecular formula is C10H11O4. The van der Waals surface area contributed by atoms with Crippen molar-refractivity contribution in [1.82, 2.24) is 0 Å². The number of methoxy groups -OCH3 is 2. The van der Waals surface area contributed by atoms with Crippen LogP contribution in [0.25, 0.3) is 0 Å². The first-order valence-electron chi connectivity index (χ1n) is 3.98. The van der Waals surface area contributed by atoms with Crippen LogP contribution in [0.5, 0.6) is 11.5 Å². The van der Waals surface area contributed by atoms with E-state index < -0.39 is 5.97 Å². The number of esters is 1. The van der Waals surface area contributed by atoms with E-state index in [2.05, 4.69) is 4.74 Å². The van der Waals surface area contributed by atoms with E-state index in [0.29, 0.717) is 11.5 Å². The molecule has 14 heavy (non-hydrogen) atoms. The Kier molecular flexibility index (Phi) is 3.94. The molecule has 75 valence electrons.